The molecule has 2 aliphatic rings. The van der Waals surface area contributed by atoms with Crippen molar-refractivity contribution < 1.29 is 14.3 Å². The molecule has 2 heterocycles. The Kier molecular flexibility index (Phi) is 6.84. The first-order valence-electron chi connectivity index (χ1n) is 11.7. The van der Waals surface area contributed by atoms with Crippen molar-refractivity contribution in [2.24, 2.45) is 5.92 Å². The van der Waals surface area contributed by atoms with Crippen LogP contribution in [0.15, 0.2) is 54.2 Å². The zero-order valence-electron chi connectivity index (χ0n) is 20.0. The van der Waals surface area contributed by atoms with E-state index in [4.69, 9.17) is 4.74 Å². The van der Waals surface area contributed by atoms with E-state index < -0.39 is 0 Å². The van der Waals surface area contributed by atoms with Crippen LogP contribution in [0.1, 0.15) is 30.5 Å². The van der Waals surface area contributed by atoms with E-state index in [9.17, 15) is 9.59 Å². The number of hydrogen-bond donors (Lipinski definition) is 0. The van der Waals surface area contributed by atoms with Crippen molar-refractivity contribution in [3.63, 3.8) is 0 Å². The number of benzene rings is 2. The van der Waals surface area contributed by atoms with Crippen molar-refractivity contribution in [2.75, 3.05) is 39.8 Å². The Morgan fingerprint density at radius 3 is 2.12 bits per heavy atom. The normalized spacial score (nSPS) is 17.5. The van der Waals surface area contributed by atoms with Crippen molar-refractivity contribution >= 4 is 17.4 Å². The third kappa shape index (κ3) is 5.11. The van der Waals surface area contributed by atoms with E-state index in [-0.39, 0.29) is 18.4 Å². The number of likely N-dealkylation sites (N-methyl/N-ethyl adjacent to an activating group) is 1. The molecule has 2 aromatic rings. The van der Waals surface area contributed by atoms with E-state index >= 15 is 0 Å². The van der Waals surface area contributed by atoms with Crippen molar-refractivity contribution in [2.45, 2.75) is 27.3 Å². The van der Waals surface area contributed by atoms with Crippen LogP contribution in [0, 0.1) is 12.8 Å². The topological polar surface area (TPSA) is 53.1 Å². The van der Waals surface area contributed by atoms with E-state index in [1.165, 1.54) is 4.90 Å². The summed E-state index contributed by atoms with van der Waals surface area (Å²) in [5.41, 5.74) is 3.86. The van der Waals surface area contributed by atoms with Crippen LogP contribution in [-0.2, 0) is 16.1 Å². The number of carbonyl (C=O) groups is 2. The number of carbonyl (C=O) groups excluding carboxylic acids is 2. The number of ether oxygens (including phenoxy) is 1. The predicted octanol–water partition coefficient (Wildman–Crippen LogP) is 3.56. The summed E-state index contributed by atoms with van der Waals surface area (Å²) in [5, 5.41) is 0. The first kappa shape index (κ1) is 23.1. The third-order valence-electron chi connectivity index (χ3n) is 6.15. The standard InChI is InChI=1S/C27H33N3O3/c1-19(2)18-33-23-11-9-22(10-12-23)24-25(29-15-13-28(4)14-16-29)27(32)30(26(24)31)17-21-7-5-20(3)6-8-21/h5-12,19H,13-18H2,1-4H3. The summed E-state index contributed by atoms with van der Waals surface area (Å²) in [4.78, 5) is 32.8. The number of rotatable bonds is 7. The molecule has 0 spiro atoms. The van der Waals surface area contributed by atoms with E-state index in [0.717, 1.165) is 48.6 Å². The molecule has 0 radical (unpaired) electrons. The van der Waals surface area contributed by atoms with E-state index in [1.54, 1.807) is 0 Å². The Labute approximate surface area is 196 Å². The van der Waals surface area contributed by atoms with Gasteiger partial charge in [-0.1, -0.05) is 55.8 Å². The smallest absolute Gasteiger partial charge is 0.278 e. The molecule has 0 atom stereocenters. The van der Waals surface area contributed by atoms with Gasteiger partial charge in [-0.3, -0.25) is 14.5 Å². The highest BCUT2D eigenvalue weighted by Crippen LogP contribution is 2.34. The van der Waals surface area contributed by atoms with Gasteiger partial charge >= 0.3 is 0 Å². The van der Waals surface area contributed by atoms with Gasteiger partial charge in [0.05, 0.1) is 18.7 Å². The molecule has 0 N–H and O–H groups in total. The van der Waals surface area contributed by atoms with Crippen molar-refractivity contribution in [1.29, 1.82) is 0 Å². The van der Waals surface area contributed by atoms with Crippen LogP contribution in [0.2, 0.25) is 0 Å². The minimum Gasteiger partial charge on any atom is -0.493 e. The van der Waals surface area contributed by atoms with Gasteiger partial charge in [0.1, 0.15) is 11.4 Å². The van der Waals surface area contributed by atoms with Crippen LogP contribution < -0.4 is 4.74 Å². The van der Waals surface area contributed by atoms with E-state index in [2.05, 4.69) is 30.7 Å². The molecule has 2 aromatic carbocycles. The minimum atomic E-state index is -0.231. The summed E-state index contributed by atoms with van der Waals surface area (Å²) < 4.78 is 5.80. The average molecular weight is 448 g/mol. The van der Waals surface area contributed by atoms with Gasteiger partial charge in [0, 0.05) is 26.2 Å². The summed E-state index contributed by atoms with van der Waals surface area (Å²) >= 11 is 0. The Bertz CT molecular complexity index is 1030. The van der Waals surface area contributed by atoms with Gasteiger partial charge in [-0.15, -0.1) is 0 Å². The molecule has 0 bridgehead atoms. The fraction of sp³-hybridized carbons (Fsp3) is 0.407. The van der Waals surface area contributed by atoms with E-state index in [0.29, 0.717) is 23.8 Å². The fourth-order valence-electron chi connectivity index (χ4n) is 4.15. The quantitative estimate of drug-likeness (QED) is 0.608. The number of imide groups is 1. The van der Waals surface area contributed by atoms with Crippen LogP contribution in [0.3, 0.4) is 0 Å². The monoisotopic (exact) mass is 447 g/mol. The van der Waals surface area contributed by atoms with Crippen LogP contribution in [0.25, 0.3) is 5.57 Å². The van der Waals surface area contributed by atoms with E-state index in [1.807, 2.05) is 55.5 Å². The number of aryl methyl sites for hydroxylation is 1. The molecule has 6 nitrogen and oxygen atoms in total. The number of hydrogen-bond acceptors (Lipinski definition) is 5. The van der Waals surface area contributed by atoms with Gasteiger partial charge < -0.3 is 14.5 Å². The summed E-state index contributed by atoms with van der Waals surface area (Å²) in [6.45, 7) is 10.3. The van der Waals surface area contributed by atoms with Crippen molar-refractivity contribution in [1.82, 2.24) is 14.7 Å². The maximum atomic E-state index is 13.6. The second-order valence-corrected chi connectivity index (χ2v) is 9.43. The largest absolute Gasteiger partial charge is 0.493 e. The second-order valence-electron chi connectivity index (χ2n) is 9.43. The lowest BCUT2D eigenvalue weighted by atomic mass is 10.0. The van der Waals surface area contributed by atoms with Crippen LogP contribution >= 0.6 is 0 Å². The molecule has 2 aliphatic heterocycles. The summed E-state index contributed by atoms with van der Waals surface area (Å²) in [7, 11) is 2.08. The highest BCUT2D eigenvalue weighted by Gasteiger charge is 2.42. The van der Waals surface area contributed by atoms with Gasteiger partial charge in [0.2, 0.25) is 0 Å². The predicted molar refractivity (Wildman–Crippen MR) is 130 cm³/mol. The zero-order valence-corrected chi connectivity index (χ0v) is 20.0. The summed E-state index contributed by atoms with van der Waals surface area (Å²) in [5.74, 6) is 0.758. The van der Waals surface area contributed by atoms with Crippen molar-refractivity contribution in [3.8, 4) is 5.75 Å². The first-order chi connectivity index (χ1) is 15.8. The maximum absolute atomic E-state index is 13.6. The van der Waals surface area contributed by atoms with Gasteiger partial charge in [0.15, 0.2) is 0 Å². The molecule has 0 aliphatic carbocycles. The van der Waals surface area contributed by atoms with Gasteiger partial charge in [-0.05, 0) is 43.1 Å². The van der Waals surface area contributed by atoms with Crippen molar-refractivity contribution in [3.05, 3.63) is 70.9 Å². The molecule has 1 fully saturated rings. The van der Waals surface area contributed by atoms with Gasteiger partial charge in [0.25, 0.3) is 11.8 Å². The zero-order chi connectivity index (χ0) is 23.5. The Hall–Kier alpha value is -3.12. The minimum absolute atomic E-state index is 0.208. The molecule has 33 heavy (non-hydrogen) atoms. The van der Waals surface area contributed by atoms with Crippen LogP contribution in [0.4, 0.5) is 0 Å². The summed E-state index contributed by atoms with van der Waals surface area (Å²) in [6.07, 6.45) is 0. The molecular formula is C27H33N3O3. The molecule has 6 heteroatoms. The maximum Gasteiger partial charge on any atom is 0.278 e. The molecule has 2 amide bonds. The number of piperazine rings is 1. The highest BCUT2D eigenvalue weighted by atomic mass is 16.5. The van der Waals surface area contributed by atoms with Gasteiger partial charge in [-0.2, -0.15) is 0 Å². The summed E-state index contributed by atoms with van der Waals surface area (Å²) in [6, 6.07) is 15.5. The fourth-order valence-corrected chi connectivity index (χ4v) is 4.15. The van der Waals surface area contributed by atoms with Gasteiger partial charge in [-0.25, -0.2) is 0 Å². The lowest BCUT2D eigenvalue weighted by molar-refractivity contribution is -0.138. The lowest BCUT2D eigenvalue weighted by Crippen LogP contribution is -2.46. The molecular weight excluding hydrogens is 414 g/mol. The van der Waals surface area contributed by atoms with Crippen LogP contribution in [0.5, 0.6) is 5.75 Å². The number of nitrogens with zero attached hydrogens (tertiary/aromatic N) is 3. The molecule has 0 saturated carbocycles. The number of amides is 2. The molecule has 1 saturated heterocycles. The third-order valence-corrected chi connectivity index (χ3v) is 6.15. The SMILES string of the molecule is Cc1ccc(CN2C(=O)C(c3ccc(OCC(C)C)cc3)=C(N3CCN(C)CC3)C2=O)cc1. The Morgan fingerprint density at radius 2 is 1.52 bits per heavy atom. The Balaban J connectivity index is 1.65. The second kappa shape index (κ2) is 9.79. The average Bonchev–Trinajstić information content (AvgIpc) is 3.05. The molecule has 4 rings (SSSR count). The molecule has 0 aromatic heterocycles. The molecule has 174 valence electrons. The first-order valence-corrected chi connectivity index (χ1v) is 11.7. The Morgan fingerprint density at radius 1 is 0.879 bits per heavy atom. The molecule has 0 unspecified atom stereocenters. The lowest BCUT2D eigenvalue weighted by Gasteiger charge is -2.34. The van der Waals surface area contributed by atoms with Crippen LogP contribution in [-0.4, -0.2) is 66.3 Å². The highest BCUT2D eigenvalue weighted by molar-refractivity contribution is 6.35.